The second kappa shape index (κ2) is 10.1. The van der Waals surface area contributed by atoms with Gasteiger partial charge in [0.25, 0.3) is 0 Å². The highest BCUT2D eigenvalue weighted by Crippen LogP contribution is 2.39. The molecule has 8 heteroatoms. The van der Waals surface area contributed by atoms with Crippen molar-refractivity contribution in [1.82, 2.24) is 4.90 Å². The van der Waals surface area contributed by atoms with E-state index >= 15 is 0 Å². The quantitative estimate of drug-likeness (QED) is 0.496. The van der Waals surface area contributed by atoms with Gasteiger partial charge in [-0.05, 0) is 48.2 Å². The number of nitrogens with zero attached hydrogens (tertiary/aromatic N) is 2. The average Bonchev–Trinajstić information content (AvgIpc) is 3.14. The van der Waals surface area contributed by atoms with Crippen molar-refractivity contribution in [1.29, 1.82) is 5.26 Å². The van der Waals surface area contributed by atoms with Crippen molar-refractivity contribution in [3.8, 4) is 11.8 Å². The van der Waals surface area contributed by atoms with Crippen molar-refractivity contribution >= 4 is 22.2 Å². The third-order valence-corrected chi connectivity index (χ3v) is 7.05. The van der Waals surface area contributed by atoms with Crippen LogP contribution in [0.15, 0.2) is 48.5 Å². The van der Waals surface area contributed by atoms with Crippen LogP contribution in [0.1, 0.15) is 40.5 Å². The van der Waals surface area contributed by atoms with Crippen LogP contribution in [-0.2, 0) is 30.7 Å². The van der Waals surface area contributed by atoms with Gasteiger partial charge in [-0.15, -0.1) is 11.3 Å². The fraction of sp³-hybridized carbons (Fsp3) is 0.280. The number of hydrogen-bond acceptors (Lipinski definition) is 5. The molecule has 3 aromatic rings. The number of hydrogen-bond donors (Lipinski definition) is 1. The number of carbonyl (C=O) groups excluding carboxylic acids is 1. The van der Waals surface area contributed by atoms with E-state index in [4.69, 9.17) is 0 Å². The highest BCUT2D eigenvalue weighted by Gasteiger charge is 2.30. The first kappa shape index (κ1) is 22.9. The Balaban J connectivity index is 1.51. The molecule has 2 heterocycles. The molecule has 0 radical (unpaired) electrons. The predicted octanol–water partition coefficient (Wildman–Crippen LogP) is 5.54. The molecule has 0 aliphatic carbocycles. The van der Waals surface area contributed by atoms with Crippen LogP contribution in [0.5, 0.6) is 5.75 Å². The Morgan fingerprint density at radius 1 is 1.27 bits per heavy atom. The van der Waals surface area contributed by atoms with Gasteiger partial charge in [0.15, 0.2) is 5.75 Å². The fourth-order valence-electron chi connectivity index (χ4n) is 4.20. The lowest BCUT2D eigenvalue weighted by atomic mass is 9.96. The summed E-state index contributed by atoms with van der Waals surface area (Å²) in [7, 11) is 0. The molecule has 1 N–H and O–H groups in total. The van der Waals surface area contributed by atoms with Crippen LogP contribution in [0, 0.1) is 17.1 Å². The topological polar surface area (TPSA) is 65.4 Å². The molecule has 33 heavy (non-hydrogen) atoms. The first-order valence-corrected chi connectivity index (χ1v) is 11.5. The molecule has 0 bridgehead atoms. The fourth-order valence-corrected chi connectivity index (χ4v) is 5.45. The maximum atomic E-state index is 13.7. The van der Waals surface area contributed by atoms with E-state index in [1.54, 1.807) is 24.3 Å². The minimum Gasteiger partial charge on any atom is -0.316 e. The number of nitrogens with one attached hydrogen (secondary N) is 1. The smallest absolute Gasteiger partial charge is 0.229 e. The molecule has 1 atom stereocenters. The van der Waals surface area contributed by atoms with Crippen LogP contribution in [0.25, 0.3) is 0 Å². The largest absolute Gasteiger partial charge is 0.316 e. The maximum Gasteiger partial charge on any atom is 0.229 e. The first-order valence-electron chi connectivity index (χ1n) is 10.7. The van der Waals surface area contributed by atoms with E-state index < -0.39 is 0 Å². The van der Waals surface area contributed by atoms with Crippen molar-refractivity contribution in [2.24, 2.45) is 0 Å². The Morgan fingerprint density at radius 2 is 2.06 bits per heavy atom. The summed E-state index contributed by atoms with van der Waals surface area (Å²) in [5, 5.41) is 13.3. The van der Waals surface area contributed by atoms with Crippen molar-refractivity contribution in [2.45, 2.75) is 45.3 Å². The second-order valence-electron chi connectivity index (χ2n) is 8.07. The highest BCUT2D eigenvalue weighted by molar-refractivity contribution is 7.16. The Morgan fingerprint density at radius 3 is 2.73 bits per heavy atom. The molecule has 1 aliphatic heterocycles. The van der Waals surface area contributed by atoms with Gasteiger partial charge in [0.2, 0.25) is 5.91 Å². The molecular weight excluding hydrogens is 444 g/mol. The lowest BCUT2D eigenvalue weighted by Gasteiger charge is -2.35. The summed E-state index contributed by atoms with van der Waals surface area (Å²) < 4.78 is 25.8. The highest BCUT2D eigenvalue weighted by atomic mass is 32.1. The Bertz CT molecular complexity index is 1190. The van der Waals surface area contributed by atoms with E-state index in [1.807, 2.05) is 6.07 Å². The molecule has 5 nitrogen and oxygen atoms in total. The third-order valence-electron chi connectivity index (χ3n) is 5.88. The van der Waals surface area contributed by atoms with E-state index in [-0.39, 0.29) is 29.9 Å². The van der Waals surface area contributed by atoms with Gasteiger partial charge in [-0.1, -0.05) is 31.2 Å². The zero-order chi connectivity index (χ0) is 23.4. The van der Waals surface area contributed by atoms with Gasteiger partial charge >= 0.3 is 0 Å². The maximum absolute atomic E-state index is 13.7. The number of carbonyl (C=O) groups is 1. The first-order chi connectivity index (χ1) is 16.0. The number of rotatable bonds is 7. The second-order valence-corrected chi connectivity index (χ2v) is 9.17. The molecule has 1 amide bonds. The van der Waals surface area contributed by atoms with Gasteiger partial charge in [-0.25, -0.2) is 4.39 Å². The molecule has 2 aromatic carbocycles. The van der Waals surface area contributed by atoms with Crippen LogP contribution < -0.4 is 10.3 Å². The van der Waals surface area contributed by atoms with Crippen molar-refractivity contribution in [3.05, 3.63) is 81.5 Å². The van der Waals surface area contributed by atoms with Gasteiger partial charge in [-0.2, -0.15) is 5.26 Å². The Kier molecular flexibility index (Phi) is 7.02. The lowest BCUT2D eigenvalue weighted by molar-refractivity contribution is -0.115. The molecule has 4 rings (SSSR count). The van der Waals surface area contributed by atoms with E-state index in [1.165, 1.54) is 29.5 Å². The normalized spacial score (nSPS) is 15.5. The van der Waals surface area contributed by atoms with Crippen molar-refractivity contribution in [3.63, 3.8) is 0 Å². The van der Waals surface area contributed by atoms with Crippen LogP contribution in [0.4, 0.5) is 13.9 Å². The SMILES string of the molecule is CCC1Cc2sc(NC(=O)Cc3ccc(OF)cc3)c(C#N)c2CN1Cc1cccc(F)c1. The molecule has 170 valence electrons. The molecule has 0 saturated carbocycles. The number of thiophene rings is 1. The molecule has 0 spiro atoms. The van der Waals surface area contributed by atoms with Gasteiger partial charge in [0, 0.05) is 34.1 Å². The third kappa shape index (κ3) is 5.21. The molecule has 0 fully saturated rings. The number of halogens is 2. The summed E-state index contributed by atoms with van der Waals surface area (Å²) in [6, 6.07) is 15.3. The van der Waals surface area contributed by atoms with Crippen LogP contribution in [0.3, 0.4) is 0 Å². The van der Waals surface area contributed by atoms with Crippen LogP contribution >= 0.6 is 11.3 Å². The van der Waals surface area contributed by atoms with Gasteiger partial charge in [0.05, 0.1) is 12.0 Å². The summed E-state index contributed by atoms with van der Waals surface area (Å²) >= 11 is 1.45. The van der Waals surface area contributed by atoms with Gasteiger partial charge in [-0.3, -0.25) is 14.6 Å². The number of amides is 1. The molecule has 1 aromatic heterocycles. The van der Waals surface area contributed by atoms with Gasteiger partial charge in [0.1, 0.15) is 16.9 Å². The van der Waals surface area contributed by atoms with E-state index in [0.717, 1.165) is 28.8 Å². The molecular formula is C25H23F2N3O2S. The monoisotopic (exact) mass is 467 g/mol. The Labute approximate surface area is 195 Å². The molecule has 0 saturated heterocycles. The summed E-state index contributed by atoms with van der Waals surface area (Å²) in [5.74, 6) is -0.434. The molecule has 1 aliphatic rings. The van der Waals surface area contributed by atoms with Gasteiger partial charge < -0.3 is 5.32 Å². The zero-order valence-corrected chi connectivity index (χ0v) is 18.9. The number of benzene rings is 2. The molecule has 1 unspecified atom stereocenters. The van der Waals surface area contributed by atoms with Crippen LogP contribution in [0.2, 0.25) is 0 Å². The number of anilines is 1. The van der Waals surface area contributed by atoms with E-state index in [0.29, 0.717) is 29.2 Å². The summed E-state index contributed by atoms with van der Waals surface area (Å²) in [6.45, 7) is 3.29. The standard InChI is InChI=1S/C25H23F2N3O2S/c1-2-19-12-23-22(15-30(19)14-17-4-3-5-18(26)10-17)21(13-28)25(33-23)29-24(31)11-16-6-8-20(32-27)9-7-16/h3-10,19H,2,11-12,14-15H2,1H3,(H,29,31). The minimum atomic E-state index is -0.261. The summed E-state index contributed by atoms with van der Waals surface area (Å²) in [6.07, 6.45) is 1.80. The van der Waals surface area contributed by atoms with Crippen molar-refractivity contribution in [2.75, 3.05) is 5.32 Å². The summed E-state index contributed by atoms with van der Waals surface area (Å²) in [5.41, 5.74) is 3.02. The zero-order valence-electron chi connectivity index (χ0n) is 18.1. The van der Waals surface area contributed by atoms with Crippen LogP contribution in [-0.4, -0.2) is 16.8 Å². The number of nitriles is 1. The van der Waals surface area contributed by atoms with E-state index in [2.05, 4.69) is 28.2 Å². The van der Waals surface area contributed by atoms with Crippen molar-refractivity contribution < 1.29 is 18.7 Å². The van der Waals surface area contributed by atoms with E-state index in [9.17, 15) is 19.0 Å². The predicted molar refractivity (Wildman–Crippen MR) is 123 cm³/mol. The lowest BCUT2D eigenvalue weighted by Crippen LogP contribution is -2.39. The minimum absolute atomic E-state index is 0.0742. The number of fused-ring (bicyclic) bond motifs is 1. The Hall–Kier alpha value is -3.28. The average molecular weight is 468 g/mol. The summed E-state index contributed by atoms with van der Waals surface area (Å²) in [4.78, 5) is 19.6.